The van der Waals surface area contributed by atoms with Crippen LogP contribution in [0.25, 0.3) is 0 Å². The Labute approximate surface area is 151 Å². The molecule has 0 aliphatic heterocycles. The molecule has 5 saturated carbocycles. The van der Waals surface area contributed by atoms with E-state index in [-0.39, 0.29) is 30.4 Å². The Morgan fingerprint density at radius 3 is 2.24 bits per heavy atom. The van der Waals surface area contributed by atoms with E-state index < -0.39 is 0 Å². The Bertz CT molecular complexity index is 503. The predicted octanol–water partition coefficient (Wildman–Crippen LogP) is 3.54. The Kier molecular flexibility index (Phi) is 4.81. The SMILES string of the molecule is C[C@@H]1[C@@H](C)CCC[C@H]1NC(=O)COC(=O)C1C2CC3CC(C2)CC1C3. The Hall–Kier alpha value is -1.06. The highest BCUT2D eigenvalue weighted by atomic mass is 16.5. The molecule has 0 aromatic heterocycles. The minimum absolute atomic E-state index is 0.0641. The van der Waals surface area contributed by atoms with Crippen molar-refractivity contribution in [2.45, 2.75) is 71.3 Å². The predicted molar refractivity (Wildman–Crippen MR) is 95.6 cm³/mol. The molecule has 5 aliphatic carbocycles. The van der Waals surface area contributed by atoms with Crippen LogP contribution in [0.2, 0.25) is 0 Å². The number of nitrogens with one attached hydrogen (secondary N) is 1. The number of carbonyl (C=O) groups is 2. The first-order chi connectivity index (χ1) is 12.0. The van der Waals surface area contributed by atoms with Crippen LogP contribution in [0.3, 0.4) is 0 Å². The van der Waals surface area contributed by atoms with Gasteiger partial charge in [0.05, 0.1) is 5.92 Å². The molecular weight excluding hydrogens is 314 g/mol. The molecular formula is C21H33NO3. The third-order valence-corrected chi connectivity index (χ3v) is 7.90. The van der Waals surface area contributed by atoms with E-state index in [9.17, 15) is 9.59 Å². The summed E-state index contributed by atoms with van der Waals surface area (Å²) in [7, 11) is 0. The average molecular weight is 347 g/mol. The van der Waals surface area contributed by atoms with Crippen LogP contribution >= 0.6 is 0 Å². The molecule has 0 heterocycles. The lowest BCUT2D eigenvalue weighted by Gasteiger charge is -2.53. The summed E-state index contributed by atoms with van der Waals surface area (Å²) in [5, 5.41) is 3.11. The third kappa shape index (κ3) is 3.46. The van der Waals surface area contributed by atoms with Gasteiger partial charge in [0.2, 0.25) is 0 Å². The maximum atomic E-state index is 12.6. The molecule has 25 heavy (non-hydrogen) atoms. The summed E-state index contributed by atoms with van der Waals surface area (Å²) in [5.74, 6) is 3.73. The lowest BCUT2D eigenvalue weighted by atomic mass is 9.52. The van der Waals surface area contributed by atoms with E-state index in [0.717, 1.165) is 18.3 Å². The molecule has 4 nitrogen and oxygen atoms in total. The van der Waals surface area contributed by atoms with Gasteiger partial charge in [-0.2, -0.15) is 0 Å². The molecule has 1 amide bonds. The monoisotopic (exact) mass is 347 g/mol. The molecule has 0 aromatic carbocycles. The molecule has 0 spiro atoms. The van der Waals surface area contributed by atoms with Gasteiger partial charge in [-0.25, -0.2) is 0 Å². The van der Waals surface area contributed by atoms with Crippen LogP contribution in [0.1, 0.15) is 65.2 Å². The molecule has 1 N–H and O–H groups in total. The first kappa shape index (κ1) is 17.4. The van der Waals surface area contributed by atoms with Crippen LogP contribution in [0.5, 0.6) is 0 Å². The van der Waals surface area contributed by atoms with Gasteiger partial charge in [0.1, 0.15) is 0 Å². The van der Waals surface area contributed by atoms with Gasteiger partial charge in [-0.1, -0.05) is 26.7 Å². The molecule has 4 bridgehead atoms. The quantitative estimate of drug-likeness (QED) is 0.791. The van der Waals surface area contributed by atoms with Gasteiger partial charge >= 0.3 is 5.97 Å². The second kappa shape index (κ2) is 6.92. The molecule has 5 rings (SSSR count). The second-order valence-corrected chi connectivity index (χ2v) is 9.51. The second-order valence-electron chi connectivity index (χ2n) is 9.51. The van der Waals surface area contributed by atoms with Crippen LogP contribution in [0.15, 0.2) is 0 Å². The van der Waals surface area contributed by atoms with Crippen LogP contribution in [0.4, 0.5) is 0 Å². The van der Waals surface area contributed by atoms with Crippen molar-refractivity contribution < 1.29 is 14.3 Å². The molecule has 3 atom stereocenters. The highest BCUT2D eigenvalue weighted by molar-refractivity contribution is 5.81. The topological polar surface area (TPSA) is 55.4 Å². The van der Waals surface area contributed by atoms with Crippen LogP contribution < -0.4 is 5.32 Å². The summed E-state index contributed by atoms with van der Waals surface area (Å²) in [6.45, 7) is 4.38. The Balaban J connectivity index is 1.27. The zero-order valence-corrected chi connectivity index (χ0v) is 15.7. The van der Waals surface area contributed by atoms with E-state index in [2.05, 4.69) is 19.2 Å². The number of ether oxygens (including phenoxy) is 1. The molecule has 4 heteroatoms. The fourth-order valence-corrected chi connectivity index (χ4v) is 6.58. The number of carbonyl (C=O) groups excluding carboxylic acids is 2. The fourth-order valence-electron chi connectivity index (χ4n) is 6.58. The van der Waals surface area contributed by atoms with Crippen molar-refractivity contribution in [1.29, 1.82) is 0 Å². The summed E-state index contributed by atoms with van der Waals surface area (Å²) in [4.78, 5) is 24.9. The van der Waals surface area contributed by atoms with Gasteiger partial charge in [-0.05, 0) is 74.0 Å². The van der Waals surface area contributed by atoms with Crippen molar-refractivity contribution in [2.75, 3.05) is 6.61 Å². The maximum Gasteiger partial charge on any atom is 0.310 e. The van der Waals surface area contributed by atoms with Crippen molar-refractivity contribution in [3.63, 3.8) is 0 Å². The number of amides is 1. The Morgan fingerprint density at radius 2 is 1.60 bits per heavy atom. The molecule has 140 valence electrons. The largest absolute Gasteiger partial charge is 0.455 e. The molecule has 0 aromatic rings. The van der Waals surface area contributed by atoms with Crippen molar-refractivity contribution >= 4 is 11.9 Å². The number of hydrogen-bond acceptors (Lipinski definition) is 3. The summed E-state index contributed by atoms with van der Waals surface area (Å²) < 4.78 is 5.48. The van der Waals surface area contributed by atoms with Crippen LogP contribution in [-0.2, 0) is 14.3 Å². The first-order valence-electron chi connectivity index (χ1n) is 10.5. The first-order valence-corrected chi connectivity index (χ1v) is 10.5. The molecule has 0 unspecified atom stereocenters. The van der Waals surface area contributed by atoms with Gasteiger partial charge < -0.3 is 10.1 Å². The maximum absolute atomic E-state index is 12.6. The minimum Gasteiger partial charge on any atom is -0.455 e. The number of esters is 1. The van der Waals surface area contributed by atoms with Crippen molar-refractivity contribution in [3.8, 4) is 0 Å². The lowest BCUT2D eigenvalue weighted by Crippen LogP contribution is -2.49. The number of hydrogen-bond donors (Lipinski definition) is 1. The van der Waals surface area contributed by atoms with Gasteiger partial charge in [0.25, 0.3) is 5.91 Å². The summed E-state index contributed by atoms with van der Waals surface area (Å²) in [6.07, 6.45) is 9.66. The van der Waals surface area contributed by atoms with Gasteiger partial charge in [-0.3, -0.25) is 9.59 Å². The van der Waals surface area contributed by atoms with Crippen molar-refractivity contribution in [3.05, 3.63) is 0 Å². The third-order valence-electron chi connectivity index (χ3n) is 7.90. The normalized spacial score (nSPS) is 45.2. The molecule has 5 fully saturated rings. The van der Waals surface area contributed by atoms with Gasteiger partial charge in [-0.15, -0.1) is 0 Å². The van der Waals surface area contributed by atoms with E-state index in [1.54, 1.807) is 0 Å². The van der Waals surface area contributed by atoms with Gasteiger partial charge in [0.15, 0.2) is 6.61 Å². The summed E-state index contributed by atoms with van der Waals surface area (Å²) >= 11 is 0. The minimum atomic E-state index is -0.122. The van der Waals surface area contributed by atoms with E-state index in [0.29, 0.717) is 23.7 Å². The van der Waals surface area contributed by atoms with E-state index in [1.807, 2.05) is 0 Å². The smallest absolute Gasteiger partial charge is 0.310 e. The average Bonchev–Trinajstić information content (AvgIpc) is 2.56. The molecule has 0 radical (unpaired) electrons. The highest BCUT2D eigenvalue weighted by Crippen LogP contribution is 2.56. The number of rotatable bonds is 4. The van der Waals surface area contributed by atoms with Gasteiger partial charge in [0, 0.05) is 6.04 Å². The van der Waals surface area contributed by atoms with E-state index in [4.69, 9.17) is 4.74 Å². The lowest BCUT2D eigenvalue weighted by molar-refractivity contribution is -0.165. The molecule has 5 aliphatic rings. The standard InChI is InChI=1S/C21H33NO3/c1-12-4-3-5-18(13(12)2)22-19(23)11-25-21(24)20-16-7-14-6-15(9-16)10-17(20)8-14/h12-18,20H,3-11H2,1-2H3,(H,22,23)/t12-,13+,14?,15?,16?,17?,18+,20?/m0/s1. The van der Waals surface area contributed by atoms with E-state index in [1.165, 1.54) is 44.9 Å². The summed E-state index contributed by atoms with van der Waals surface area (Å²) in [6, 6.07) is 0.233. The highest BCUT2D eigenvalue weighted by Gasteiger charge is 2.51. The zero-order chi connectivity index (χ0) is 17.6. The summed E-state index contributed by atoms with van der Waals surface area (Å²) in [5.41, 5.74) is 0. The van der Waals surface area contributed by atoms with E-state index >= 15 is 0 Å². The zero-order valence-electron chi connectivity index (χ0n) is 15.7. The molecule has 0 saturated heterocycles. The fraction of sp³-hybridized carbons (Fsp3) is 0.905. The van der Waals surface area contributed by atoms with Crippen molar-refractivity contribution in [1.82, 2.24) is 5.32 Å². The van der Waals surface area contributed by atoms with Crippen molar-refractivity contribution in [2.24, 2.45) is 41.4 Å². The van der Waals surface area contributed by atoms with Crippen LogP contribution in [-0.4, -0.2) is 24.5 Å². The van der Waals surface area contributed by atoms with Crippen LogP contribution in [0, 0.1) is 41.4 Å². The Morgan fingerprint density at radius 1 is 0.960 bits per heavy atom.